The van der Waals surface area contributed by atoms with Gasteiger partial charge in [-0.2, -0.15) is 0 Å². The Morgan fingerprint density at radius 1 is 1.00 bits per heavy atom. The number of nitrogens with zero attached hydrogens (tertiary/aromatic N) is 2. The number of carbonyl (C=O) groups is 1. The molecule has 1 heterocycles. The number of aromatic nitrogens is 2. The van der Waals surface area contributed by atoms with Crippen LogP contribution in [-0.4, -0.2) is 22.6 Å². The maximum atomic E-state index is 12.9. The largest absolute Gasteiger partial charge is 0.496 e. The predicted molar refractivity (Wildman–Crippen MR) is 120 cm³/mol. The Labute approximate surface area is 181 Å². The third-order valence-electron chi connectivity index (χ3n) is 5.13. The van der Waals surface area contributed by atoms with Crippen LogP contribution < -0.4 is 14.8 Å². The van der Waals surface area contributed by atoms with Gasteiger partial charge in [0.2, 0.25) is 5.91 Å². The van der Waals surface area contributed by atoms with Crippen molar-refractivity contribution in [2.24, 2.45) is 0 Å². The Bertz CT molecular complexity index is 1170. The van der Waals surface area contributed by atoms with Gasteiger partial charge in [-0.15, -0.1) is 0 Å². The number of benzene rings is 3. The van der Waals surface area contributed by atoms with Crippen molar-refractivity contribution >= 4 is 16.9 Å². The molecule has 6 nitrogen and oxygen atoms in total. The van der Waals surface area contributed by atoms with E-state index < -0.39 is 0 Å². The number of rotatable bonds is 8. The third-order valence-corrected chi connectivity index (χ3v) is 5.13. The average Bonchev–Trinajstić information content (AvgIpc) is 3.15. The highest BCUT2D eigenvalue weighted by atomic mass is 16.5. The second-order valence-electron chi connectivity index (χ2n) is 7.24. The molecule has 3 aromatic carbocycles. The van der Waals surface area contributed by atoms with E-state index in [-0.39, 0.29) is 25.1 Å². The summed E-state index contributed by atoms with van der Waals surface area (Å²) in [5.74, 6) is 2.10. The molecule has 4 rings (SSSR count). The van der Waals surface area contributed by atoms with Crippen molar-refractivity contribution in [2.75, 3.05) is 7.11 Å². The van der Waals surface area contributed by atoms with Gasteiger partial charge in [0.15, 0.2) is 0 Å². The summed E-state index contributed by atoms with van der Waals surface area (Å²) in [6.45, 7) is 2.36. The number of hydrogen-bond donors (Lipinski definition) is 1. The Kier molecular flexibility index (Phi) is 6.17. The highest BCUT2D eigenvalue weighted by Gasteiger charge is 2.17. The molecular weight excluding hydrogens is 390 g/mol. The Balaban J connectivity index is 1.53. The number of para-hydroxylation sites is 4. The van der Waals surface area contributed by atoms with Gasteiger partial charge in [0.1, 0.15) is 30.5 Å². The molecule has 1 N–H and O–H groups in total. The van der Waals surface area contributed by atoms with E-state index in [1.807, 2.05) is 90.4 Å². The highest BCUT2D eigenvalue weighted by molar-refractivity contribution is 5.81. The molecule has 1 unspecified atom stereocenters. The predicted octanol–water partition coefficient (Wildman–Crippen LogP) is 4.50. The number of methoxy groups -OCH3 is 1. The molecule has 0 radical (unpaired) electrons. The highest BCUT2D eigenvalue weighted by Crippen LogP contribution is 2.24. The minimum Gasteiger partial charge on any atom is -0.496 e. The number of amides is 1. The number of ether oxygens (including phenoxy) is 2. The molecule has 0 aliphatic rings. The Morgan fingerprint density at radius 3 is 2.52 bits per heavy atom. The summed E-state index contributed by atoms with van der Waals surface area (Å²) in [4.78, 5) is 17.6. The standard InChI is InChI=1S/C25H25N3O3/c1-18(20-12-6-9-15-23(20)30-2)26-25(29)16-28-22-14-8-7-13-21(22)27-24(28)17-31-19-10-4-3-5-11-19/h3-15,18H,16-17H2,1-2H3,(H,26,29). The van der Waals surface area contributed by atoms with E-state index in [9.17, 15) is 4.79 Å². The zero-order chi connectivity index (χ0) is 21.6. The van der Waals surface area contributed by atoms with E-state index >= 15 is 0 Å². The van der Waals surface area contributed by atoms with Gasteiger partial charge in [-0.25, -0.2) is 4.98 Å². The van der Waals surface area contributed by atoms with E-state index in [0.29, 0.717) is 5.82 Å². The summed E-state index contributed by atoms with van der Waals surface area (Å²) in [7, 11) is 1.63. The maximum Gasteiger partial charge on any atom is 0.240 e. The molecule has 4 aromatic rings. The van der Waals surface area contributed by atoms with E-state index in [4.69, 9.17) is 9.47 Å². The second-order valence-corrected chi connectivity index (χ2v) is 7.24. The number of nitrogens with one attached hydrogen (secondary N) is 1. The van der Waals surface area contributed by atoms with Crippen LogP contribution in [0.15, 0.2) is 78.9 Å². The first-order chi connectivity index (χ1) is 15.2. The molecule has 0 spiro atoms. The zero-order valence-corrected chi connectivity index (χ0v) is 17.6. The molecule has 0 aliphatic carbocycles. The van der Waals surface area contributed by atoms with Crippen LogP contribution in [0.1, 0.15) is 24.4 Å². The molecule has 1 aromatic heterocycles. The number of carbonyl (C=O) groups excluding carboxylic acids is 1. The quantitative estimate of drug-likeness (QED) is 0.460. The summed E-state index contributed by atoms with van der Waals surface area (Å²) in [6, 6.07) is 24.9. The van der Waals surface area contributed by atoms with Crippen LogP contribution in [0, 0.1) is 0 Å². The maximum absolute atomic E-state index is 12.9. The fourth-order valence-electron chi connectivity index (χ4n) is 3.61. The van der Waals surface area contributed by atoms with Crippen LogP contribution in [0.25, 0.3) is 11.0 Å². The van der Waals surface area contributed by atoms with E-state index in [1.54, 1.807) is 7.11 Å². The van der Waals surface area contributed by atoms with E-state index in [1.165, 1.54) is 0 Å². The summed E-state index contributed by atoms with van der Waals surface area (Å²) < 4.78 is 13.2. The topological polar surface area (TPSA) is 65.4 Å². The smallest absolute Gasteiger partial charge is 0.240 e. The van der Waals surface area contributed by atoms with Crippen molar-refractivity contribution in [2.45, 2.75) is 26.1 Å². The average molecular weight is 415 g/mol. The van der Waals surface area contributed by atoms with Crippen molar-refractivity contribution < 1.29 is 14.3 Å². The monoisotopic (exact) mass is 415 g/mol. The summed E-state index contributed by atoms with van der Waals surface area (Å²) in [6.07, 6.45) is 0. The molecule has 0 saturated carbocycles. The minimum absolute atomic E-state index is 0.109. The number of imidazole rings is 1. The van der Waals surface area contributed by atoms with Crippen molar-refractivity contribution in [3.8, 4) is 11.5 Å². The van der Waals surface area contributed by atoms with Crippen molar-refractivity contribution in [1.29, 1.82) is 0 Å². The van der Waals surface area contributed by atoms with Gasteiger partial charge in [0.25, 0.3) is 0 Å². The lowest BCUT2D eigenvalue weighted by Gasteiger charge is -2.18. The lowest BCUT2D eigenvalue weighted by molar-refractivity contribution is -0.122. The second kappa shape index (κ2) is 9.34. The van der Waals surface area contributed by atoms with Crippen molar-refractivity contribution in [3.05, 3.63) is 90.3 Å². The molecule has 0 aliphatic heterocycles. The molecule has 0 bridgehead atoms. The first-order valence-corrected chi connectivity index (χ1v) is 10.2. The molecule has 1 atom stereocenters. The van der Waals surface area contributed by atoms with Crippen molar-refractivity contribution in [1.82, 2.24) is 14.9 Å². The summed E-state index contributed by atoms with van der Waals surface area (Å²) >= 11 is 0. The fourth-order valence-corrected chi connectivity index (χ4v) is 3.61. The Hall–Kier alpha value is -3.80. The molecule has 158 valence electrons. The molecule has 0 fully saturated rings. The molecule has 31 heavy (non-hydrogen) atoms. The van der Waals surface area contributed by atoms with Gasteiger partial charge < -0.3 is 19.4 Å². The van der Waals surface area contributed by atoms with Crippen LogP contribution >= 0.6 is 0 Å². The molecule has 0 saturated heterocycles. The SMILES string of the molecule is COc1ccccc1C(C)NC(=O)Cn1c(COc2ccccc2)nc2ccccc21. The van der Waals surface area contributed by atoms with Crippen LogP contribution in [0.5, 0.6) is 11.5 Å². The normalized spacial score (nSPS) is 11.8. The number of hydrogen-bond acceptors (Lipinski definition) is 4. The molecule has 1 amide bonds. The van der Waals surface area contributed by atoms with Crippen LogP contribution in [-0.2, 0) is 17.9 Å². The fraction of sp³-hybridized carbons (Fsp3) is 0.200. The van der Waals surface area contributed by atoms with Crippen LogP contribution in [0.2, 0.25) is 0 Å². The zero-order valence-electron chi connectivity index (χ0n) is 17.6. The lowest BCUT2D eigenvalue weighted by Crippen LogP contribution is -2.31. The van der Waals surface area contributed by atoms with Gasteiger partial charge in [-0.1, -0.05) is 48.5 Å². The van der Waals surface area contributed by atoms with Gasteiger partial charge >= 0.3 is 0 Å². The van der Waals surface area contributed by atoms with Gasteiger partial charge in [0.05, 0.1) is 24.2 Å². The number of fused-ring (bicyclic) bond motifs is 1. The van der Waals surface area contributed by atoms with Gasteiger partial charge in [-0.05, 0) is 37.3 Å². The summed E-state index contributed by atoms with van der Waals surface area (Å²) in [5, 5.41) is 3.07. The minimum atomic E-state index is -0.192. The Morgan fingerprint density at radius 2 is 1.71 bits per heavy atom. The summed E-state index contributed by atoms with van der Waals surface area (Å²) in [5.41, 5.74) is 2.66. The first-order valence-electron chi connectivity index (χ1n) is 10.2. The van der Waals surface area contributed by atoms with E-state index in [2.05, 4.69) is 10.3 Å². The lowest BCUT2D eigenvalue weighted by atomic mass is 10.1. The van der Waals surface area contributed by atoms with E-state index in [0.717, 1.165) is 28.1 Å². The van der Waals surface area contributed by atoms with Gasteiger partial charge in [0, 0.05) is 5.56 Å². The van der Waals surface area contributed by atoms with Gasteiger partial charge in [-0.3, -0.25) is 4.79 Å². The molecular formula is C25H25N3O3. The van der Waals surface area contributed by atoms with Crippen molar-refractivity contribution in [3.63, 3.8) is 0 Å². The first kappa shape index (κ1) is 20.5. The van der Waals surface area contributed by atoms with Crippen LogP contribution in [0.4, 0.5) is 0 Å². The third kappa shape index (κ3) is 4.69. The van der Waals surface area contributed by atoms with Crippen LogP contribution in [0.3, 0.4) is 0 Å². The molecule has 6 heteroatoms.